The number of methoxy groups -OCH3 is 1. The number of halogens is 1. The molecule has 4 nitrogen and oxygen atoms in total. The van der Waals surface area contributed by atoms with Crippen LogP contribution in [0.25, 0.3) is 0 Å². The molecule has 18 heavy (non-hydrogen) atoms. The van der Waals surface area contributed by atoms with E-state index in [0.29, 0.717) is 12.2 Å². The molecule has 1 N–H and O–H groups in total. The maximum Gasteiger partial charge on any atom is 0.340 e. The smallest absolute Gasteiger partial charge is 0.340 e. The quantitative estimate of drug-likeness (QED) is 0.864. The minimum Gasteiger partial charge on any atom is -0.465 e. The third kappa shape index (κ3) is 2.84. The molecule has 0 fully saturated rings. The molecule has 0 saturated carbocycles. The summed E-state index contributed by atoms with van der Waals surface area (Å²) in [6, 6.07) is 4.24. The molecule has 0 saturated heterocycles. The highest BCUT2D eigenvalue weighted by molar-refractivity contribution is 7.09. The van der Waals surface area contributed by atoms with E-state index in [1.807, 2.05) is 0 Å². The van der Waals surface area contributed by atoms with Crippen molar-refractivity contribution >= 4 is 23.0 Å². The molecule has 0 amide bonds. The summed E-state index contributed by atoms with van der Waals surface area (Å²) in [7, 11) is 1.22. The first-order valence-electron chi connectivity index (χ1n) is 5.20. The van der Waals surface area contributed by atoms with Gasteiger partial charge in [0.2, 0.25) is 0 Å². The number of carbonyl (C=O) groups excluding carboxylic acids is 1. The highest BCUT2D eigenvalue weighted by Gasteiger charge is 2.12. The fourth-order valence-corrected chi connectivity index (χ4v) is 1.95. The van der Waals surface area contributed by atoms with Gasteiger partial charge in [0.25, 0.3) is 0 Å². The van der Waals surface area contributed by atoms with Crippen LogP contribution in [0, 0.1) is 5.82 Å². The molecule has 0 unspecified atom stereocenters. The van der Waals surface area contributed by atoms with Gasteiger partial charge in [-0.2, -0.15) is 0 Å². The topological polar surface area (TPSA) is 51.2 Å². The fraction of sp³-hybridized carbons (Fsp3) is 0.167. The average molecular weight is 266 g/mol. The van der Waals surface area contributed by atoms with Crippen LogP contribution in [0.15, 0.2) is 29.9 Å². The van der Waals surface area contributed by atoms with Crippen molar-refractivity contribution in [3.8, 4) is 0 Å². The number of rotatable bonds is 4. The van der Waals surface area contributed by atoms with E-state index in [1.54, 1.807) is 17.8 Å². The SMILES string of the molecule is COC(=O)c1cc(NCc2cncs2)ccc1F. The van der Waals surface area contributed by atoms with Crippen molar-refractivity contribution in [3.05, 3.63) is 46.2 Å². The third-order valence-electron chi connectivity index (χ3n) is 2.32. The number of benzene rings is 1. The van der Waals surface area contributed by atoms with Crippen LogP contribution in [0.3, 0.4) is 0 Å². The van der Waals surface area contributed by atoms with Crippen molar-refractivity contribution in [2.45, 2.75) is 6.54 Å². The van der Waals surface area contributed by atoms with Crippen molar-refractivity contribution in [2.24, 2.45) is 0 Å². The van der Waals surface area contributed by atoms with Crippen molar-refractivity contribution < 1.29 is 13.9 Å². The Morgan fingerprint density at radius 2 is 2.39 bits per heavy atom. The first-order chi connectivity index (χ1) is 8.70. The van der Waals surface area contributed by atoms with Crippen LogP contribution in [-0.4, -0.2) is 18.1 Å². The van der Waals surface area contributed by atoms with E-state index in [-0.39, 0.29) is 5.56 Å². The number of hydrogen-bond donors (Lipinski definition) is 1. The van der Waals surface area contributed by atoms with Crippen molar-refractivity contribution in [1.29, 1.82) is 0 Å². The number of nitrogens with one attached hydrogen (secondary N) is 1. The van der Waals surface area contributed by atoms with E-state index in [4.69, 9.17) is 0 Å². The molecule has 1 heterocycles. The van der Waals surface area contributed by atoms with Gasteiger partial charge >= 0.3 is 5.97 Å². The second-order valence-corrected chi connectivity index (χ2v) is 4.48. The van der Waals surface area contributed by atoms with Gasteiger partial charge in [-0.25, -0.2) is 9.18 Å². The molecule has 2 rings (SSSR count). The van der Waals surface area contributed by atoms with Gasteiger partial charge in [-0.1, -0.05) is 0 Å². The second kappa shape index (κ2) is 5.59. The van der Waals surface area contributed by atoms with Crippen LogP contribution in [0.5, 0.6) is 0 Å². The Bertz CT molecular complexity index is 543. The van der Waals surface area contributed by atoms with E-state index in [0.717, 1.165) is 4.88 Å². The minimum atomic E-state index is -0.686. The van der Waals surface area contributed by atoms with Gasteiger partial charge in [0.15, 0.2) is 0 Å². The molecule has 2 aromatic rings. The van der Waals surface area contributed by atoms with E-state index in [2.05, 4.69) is 15.0 Å². The van der Waals surface area contributed by atoms with Gasteiger partial charge in [0.05, 0.1) is 24.7 Å². The zero-order chi connectivity index (χ0) is 13.0. The number of nitrogens with zero attached hydrogens (tertiary/aromatic N) is 1. The predicted octanol–water partition coefficient (Wildman–Crippen LogP) is 2.68. The zero-order valence-corrected chi connectivity index (χ0v) is 10.5. The zero-order valence-electron chi connectivity index (χ0n) is 9.64. The Balaban J connectivity index is 2.12. The van der Waals surface area contributed by atoms with Crippen LogP contribution in [-0.2, 0) is 11.3 Å². The highest BCUT2D eigenvalue weighted by atomic mass is 32.1. The molecular formula is C12H11FN2O2S. The Kier molecular flexibility index (Phi) is 3.88. The summed E-state index contributed by atoms with van der Waals surface area (Å²) >= 11 is 1.52. The molecule has 1 aromatic heterocycles. The Hall–Kier alpha value is -1.95. The van der Waals surface area contributed by atoms with E-state index in [1.165, 1.54) is 30.6 Å². The number of ether oxygens (including phenoxy) is 1. The largest absolute Gasteiger partial charge is 0.465 e. The molecule has 0 bridgehead atoms. The average Bonchev–Trinajstić information content (AvgIpc) is 2.90. The molecule has 0 aliphatic rings. The number of esters is 1. The second-order valence-electron chi connectivity index (χ2n) is 3.51. The number of aromatic nitrogens is 1. The van der Waals surface area contributed by atoms with E-state index in [9.17, 15) is 9.18 Å². The Morgan fingerprint density at radius 1 is 1.56 bits per heavy atom. The lowest BCUT2D eigenvalue weighted by Crippen LogP contribution is -2.06. The van der Waals surface area contributed by atoms with Gasteiger partial charge < -0.3 is 10.1 Å². The third-order valence-corrected chi connectivity index (χ3v) is 3.10. The van der Waals surface area contributed by atoms with Gasteiger partial charge in [0.1, 0.15) is 5.82 Å². The number of hydrogen-bond acceptors (Lipinski definition) is 5. The van der Waals surface area contributed by atoms with Crippen LogP contribution in [0.4, 0.5) is 10.1 Å². The highest BCUT2D eigenvalue weighted by Crippen LogP contribution is 2.17. The van der Waals surface area contributed by atoms with Crippen LogP contribution >= 0.6 is 11.3 Å². The van der Waals surface area contributed by atoms with Crippen molar-refractivity contribution in [1.82, 2.24) is 4.98 Å². The van der Waals surface area contributed by atoms with Crippen molar-refractivity contribution in [3.63, 3.8) is 0 Å². The number of anilines is 1. The standard InChI is InChI=1S/C12H11FN2O2S/c1-17-12(16)10-4-8(2-3-11(10)13)15-6-9-5-14-7-18-9/h2-5,7,15H,6H2,1H3. The van der Waals surface area contributed by atoms with E-state index >= 15 is 0 Å². The maximum absolute atomic E-state index is 13.4. The molecular weight excluding hydrogens is 255 g/mol. The fourth-order valence-electron chi connectivity index (χ4n) is 1.42. The summed E-state index contributed by atoms with van der Waals surface area (Å²) in [6.07, 6.45) is 1.75. The first kappa shape index (κ1) is 12.5. The summed E-state index contributed by atoms with van der Waals surface area (Å²) in [5.41, 5.74) is 2.32. The molecule has 0 spiro atoms. The predicted molar refractivity (Wildman–Crippen MR) is 67.2 cm³/mol. The lowest BCUT2D eigenvalue weighted by molar-refractivity contribution is 0.0595. The van der Waals surface area contributed by atoms with Crippen LogP contribution in [0.2, 0.25) is 0 Å². The summed E-state index contributed by atoms with van der Waals surface area (Å²) in [4.78, 5) is 16.3. The molecule has 0 aliphatic carbocycles. The monoisotopic (exact) mass is 266 g/mol. The summed E-state index contributed by atoms with van der Waals surface area (Å²) in [5.74, 6) is -1.28. The number of carbonyl (C=O) groups is 1. The van der Waals surface area contributed by atoms with Gasteiger partial charge in [0, 0.05) is 16.8 Å². The molecule has 94 valence electrons. The minimum absolute atomic E-state index is 0.0770. The van der Waals surface area contributed by atoms with Gasteiger partial charge in [-0.3, -0.25) is 4.98 Å². The number of thiazole rings is 1. The summed E-state index contributed by atoms with van der Waals surface area (Å²) in [6.45, 7) is 0.580. The summed E-state index contributed by atoms with van der Waals surface area (Å²) < 4.78 is 17.9. The molecule has 6 heteroatoms. The summed E-state index contributed by atoms with van der Waals surface area (Å²) in [5, 5.41) is 3.09. The molecule has 0 aliphatic heterocycles. The van der Waals surface area contributed by atoms with Crippen LogP contribution < -0.4 is 5.32 Å². The first-order valence-corrected chi connectivity index (χ1v) is 6.08. The normalized spacial score (nSPS) is 10.1. The molecule has 0 radical (unpaired) electrons. The van der Waals surface area contributed by atoms with Gasteiger partial charge in [-0.05, 0) is 18.2 Å². The van der Waals surface area contributed by atoms with Crippen molar-refractivity contribution in [2.75, 3.05) is 12.4 Å². The van der Waals surface area contributed by atoms with E-state index < -0.39 is 11.8 Å². The van der Waals surface area contributed by atoms with Gasteiger partial charge in [-0.15, -0.1) is 11.3 Å². The maximum atomic E-state index is 13.4. The lowest BCUT2D eigenvalue weighted by atomic mass is 10.2. The molecule has 0 atom stereocenters. The molecule has 1 aromatic carbocycles. The Morgan fingerprint density at radius 3 is 3.06 bits per heavy atom. The van der Waals surface area contributed by atoms with Crippen LogP contribution in [0.1, 0.15) is 15.2 Å². The lowest BCUT2D eigenvalue weighted by Gasteiger charge is -2.07. The Labute approximate surface area is 107 Å².